The zero-order valence-corrected chi connectivity index (χ0v) is 11.6. The molecule has 1 N–H and O–H groups in total. The van der Waals surface area contributed by atoms with E-state index in [1.165, 1.54) is 0 Å². The van der Waals surface area contributed by atoms with E-state index in [1.54, 1.807) is 25.3 Å². The lowest BCUT2D eigenvalue weighted by atomic mass is 10.2. The van der Waals surface area contributed by atoms with Crippen LogP contribution in [-0.4, -0.2) is 34.3 Å². The third-order valence-electron chi connectivity index (χ3n) is 2.37. The topological polar surface area (TPSA) is 87.0 Å². The van der Waals surface area contributed by atoms with Crippen molar-refractivity contribution >= 4 is 17.5 Å². The van der Waals surface area contributed by atoms with Crippen molar-refractivity contribution in [3.05, 3.63) is 40.7 Å². The number of methoxy groups -OCH3 is 1. The molecule has 0 atom stereocenters. The zero-order chi connectivity index (χ0) is 14.4. The minimum Gasteiger partial charge on any atom is -0.493 e. The molecule has 1 aromatic heterocycles. The Kier molecular flexibility index (Phi) is 4.78. The molecule has 2 aromatic rings. The maximum atomic E-state index is 6.18. The van der Waals surface area contributed by atoms with Crippen LogP contribution in [0.15, 0.2) is 24.8 Å². The van der Waals surface area contributed by atoms with Crippen molar-refractivity contribution in [3.63, 3.8) is 0 Å². The van der Waals surface area contributed by atoms with E-state index in [0.717, 1.165) is 5.56 Å². The highest BCUT2D eigenvalue weighted by Gasteiger charge is 2.11. The summed E-state index contributed by atoms with van der Waals surface area (Å²) in [6.45, 7) is 4.30. The Balaban J connectivity index is 2.14. The number of tetrazole rings is 1. The van der Waals surface area contributed by atoms with Crippen LogP contribution in [0.4, 0.5) is 5.95 Å². The van der Waals surface area contributed by atoms with Crippen molar-refractivity contribution in [2.24, 2.45) is 0 Å². The van der Waals surface area contributed by atoms with Gasteiger partial charge in [-0.3, -0.25) is 15.4 Å². The number of benzene rings is 1. The molecule has 0 aliphatic carbocycles. The fourth-order valence-corrected chi connectivity index (χ4v) is 1.82. The second kappa shape index (κ2) is 6.76. The third kappa shape index (κ3) is 3.39. The van der Waals surface area contributed by atoms with Gasteiger partial charge in [-0.25, -0.2) is 0 Å². The first-order chi connectivity index (χ1) is 9.74. The van der Waals surface area contributed by atoms with Crippen LogP contribution in [0.1, 0.15) is 5.56 Å². The molecule has 0 aliphatic rings. The molecular weight excluding hydrogens is 282 g/mol. The van der Waals surface area contributed by atoms with E-state index in [0.29, 0.717) is 29.7 Å². The van der Waals surface area contributed by atoms with Crippen LogP contribution in [0.25, 0.3) is 5.32 Å². The molecule has 1 aromatic carbocycles. The van der Waals surface area contributed by atoms with Crippen LogP contribution < -0.4 is 9.47 Å². The summed E-state index contributed by atoms with van der Waals surface area (Å²) in [6, 6.07) is 3.56. The van der Waals surface area contributed by atoms with E-state index < -0.39 is 0 Å². The van der Waals surface area contributed by atoms with E-state index in [-0.39, 0.29) is 5.95 Å². The summed E-state index contributed by atoms with van der Waals surface area (Å²) in [5.41, 5.74) is 0.850. The van der Waals surface area contributed by atoms with Gasteiger partial charge in [-0.15, -0.1) is 5.21 Å². The molecule has 2 rings (SSSR count). The number of H-pyrrole nitrogens is 1. The smallest absolute Gasteiger partial charge is 0.180 e. The summed E-state index contributed by atoms with van der Waals surface area (Å²) in [4.78, 5) is 0. The molecule has 0 bridgehead atoms. The number of nitrogens with zero attached hydrogens (tertiary/aromatic N) is 4. The Labute approximate surface area is 120 Å². The molecule has 0 unspecified atom stereocenters. The number of hydrogen-bond acceptors (Lipinski definition) is 5. The molecule has 0 spiro atoms. The minimum absolute atomic E-state index is 0.284. The van der Waals surface area contributed by atoms with Gasteiger partial charge < -0.3 is 14.8 Å². The zero-order valence-electron chi connectivity index (χ0n) is 10.8. The second-order valence-electron chi connectivity index (χ2n) is 3.74. The monoisotopic (exact) mass is 294 g/mol. The van der Waals surface area contributed by atoms with E-state index in [1.807, 2.05) is 0 Å². The summed E-state index contributed by atoms with van der Waals surface area (Å²) in [6.07, 6.45) is 1.63. The lowest BCUT2D eigenvalue weighted by Crippen LogP contribution is -1.98. The molecule has 0 saturated carbocycles. The third-order valence-corrected chi connectivity index (χ3v) is 2.65. The fraction of sp³-hybridized carbons (Fsp3) is 0.250. The first-order valence-electron chi connectivity index (χ1n) is 5.75. The molecule has 20 heavy (non-hydrogen) atoms. The number of aromatic nitrogens is 4. The van der Waals surface area contributed by atoms with Crippen LogP contribution in [-0.2, 0) is 6.54 Å². The number of aromatic amines is 1. The van der Waals surface area contributed by atoms with Crippen molar-refractivity contribution < 1.29 is 9.47 Å². The van der Waals surface area contributed by atoms with Crippen molar-refractivity contribution in [2.75, 3.05) is 13.7 Å². The second-order valence-corrected chi connectivity index (χ2v) is 4.14. The largest absolute Gasteiger partial charge is 0.493 e. The van der Waals surface area contributed by atoms with Crippen LogP contribution in [0.5, 0.6) is 11.5 Å². The maximum absolute atomic E-state index is 6.18. The molecule has 106 valence electrons. The van der Waals surface area contributed by atoms with Gasteiger partial charge in [0.1, 0.15) is 6.61 Å². The summed E-state index contributed by atoms with van der Waals surface area (Å²) in [5.74, 6) is 1.31. The van der Waals surface area contributed by atoms with Crippen LogP contribution >= 0.6 is 11.6 Å². The predicted octanol–water partition coefficient (Wildman–Crippen LogP) is 2.63. The summed E-state index contributed by atoms with van der Waals surface area (Å²) in [7, 11) is 1.55. The van der Waals surface area contributed by atoms with Crippen LogP contribution in [0.3, 0.4) is 0 Å². The van der Waals surface area contributed by atoms with Gasteiger partial charge in [0.15, 0.2) is 11.5 Å². The number of halogens is 1. The Morgan fingerprint density at radius 1 is 1.50 bits per heavy atom. The van der Waals surface area contributed by atoms with Gasteiger partial charge in [0, 0.05) is 6.54 Å². The van der Waals surface area contributed by atoms with Gasteiger partial charge >= 0.3 is 0 Å². The predicted molar refractivity (Wildman–Crippen MR) is 74.6 cm³/mol. The Morgan fingerprint density at radius 3 is 3.00 bits per heavy atom. The molecule has 0 amide bonds. The van der Waals surface area contributed by atoms with Gasteiger partial charge in [-0.05, 0) is 17.7 Å². The number of hydrogen-bond donors (Lipinski definition) is 1. The number of ether oxygens (including phenoxy) is 2. The highest BCUT2D eigenvalue weighted by molar-refractivity contribution is 6.32. The van der Waals surface area contributed by atoms with E-state index in [9.17, 15) is 0 Å². The molecule has 0 radical (unpaired) electrons. The van der Waals surface area contributed by atoms with Crippen molar-refractivity contribution in [3.8, 4) is 11.5 Å². The summed E-state index contributed by atoms with van der Waals surface area (Å²) >= 11 is 6.18. The SMILES string of the molecule is C=CCOc1c(Cl)cc(C[N-]c2nn[nH]n2)cc1OC. The summed E-state index contributed by atoms with van der Waals surface area (Å²) < 4.78 is 10.7. The molecule has 0 saturated heterocycles. The highest BCUT2D eigenvalue weighted by Crippen LogP contribution is 2.37. The molecular formula is C12H13ClN5O2-. The standard InChI is InChI=1S/C12H13ClN5O2/c1-3-4-20-11-9(13)5-8(6-10(11)19-2)7-14-12-15-17-18-16-12/h3,5-6H,1,4,7H2,2H3,(H-,14,15,16,17,18)/q-1. The summed E-state index contributed by atoms with van der Waals surface area (Å²) in [5, 5.41) is 17.8. The van der Waals surface area contributed by atoms with E-state index in [2.05, 4.69) is 32.5 Å². The minimum atomic E-state index is 0.284. The fourth-order valence-electron chi connectivity index (χ4n) is 1.53. The maximum Gasteiger partial charge on any atom is 0.180 e. The quantitative estimate of drug-likeness (QED) is 0.793. The lowest BCUT2D eigenvalue weighted by Gasteiger charge is -2.14. The normalized spacial score (nSPS) is 10.1. The van der Waals surface area contributed by atoms with Gasteiger partial charge in [0.25, 0.3) is 0 Å². The Morgan fingerprint density at radius 2 is 2.35 bits per heavy atom. The molecule has 8 heteroatoms. The first kappa shape index (κ1) is 14.1. The Hall–Kier alpha value is -2.28. The van der Waals surface area contributed by atoms with Crippen molar-refractivity contribution in [2.45, 2.75) is 6.54 Å². The highest BCUT2D eigenvalue weighted by atomic mass is 35.5. The lowest BCUT2D eigenvalue weighted by molar-refractivity contribution is 0.326. The molecule has 7 nitrogen and oxygen atoms in total. The van der Waals surface area contributed by atoms with Gasteiger partial charge in [-0.1, -0.05) is 24.3 Å². The van der Waals surface area contributed by atoms with Crippen molar-refractivity contribution in [1.82, 2.24) is 20.6 Å². The van der Waals surface area contributed by atoms with E-state index in [4.69, 9.17) is 21.1 Å². The molecule has 1 heterocycles. The molecule has 0 fully saturated rings. The van der Waals surface area contributed by atoms with Crippen LogP contribution in [0, 0.1) is 0 Å². The number of nitrogens with one attached hydrogen (secondary N) is 1. The number of rotatable bonds is 7. The van der Waals surface area contributed by atoms with Crippen molar-refractivity contribution in [1.29, 1.82) is 0 Å². The van der Waals surface area contributed by atoms with Crippen LogP contribution in [0.2, 0.25) is 5.02 Å². The van der Waals surface area contributed by atoms with E-state index >= 15 is 0 Å². The average molecular weight is 295 g/mol. The van der Waals surface area contributed by atoms with Gasteiger partial charge in [-0.2, -0.15) is 0 Å². The molecule has 0 aliphatic heterocycles. The Bertz CT molecular complexity index is 573. The first-order valence-corrected chi connectivity index (χ1v) is 6.13. The van der Waals surface area contributed by atoms with Gasteiger partial charge in [0.05, 0.1) is 18.1 Å². The van der Waals surface area contributed by atoms with Gasteiger partial charge in [0.2, 0.25) is 0 Å². The average Bonchev–Trinajstić information content (AvgIpc) is 2.96.